The van der Waals surface area contributed by atoms with Gasteiger partial charge >= 0.3 is 5.97 Å². The molecule has 1 aromatic heterocycles. The number of carbonyl (C=O) groups excluding carboxylic acids is 1. The second kappa shape index (κ2) is 4.89. The predicted octanol–water partition coefficient (Wildman–Crippen LogP) is 3.69. The zero-order valence-corrected chi connectivity index (χ0v) is 11.5. The van der Waals surface area contributed by atoms with Crippen LogP contribution < -0.4 is 10.5 Å². The number of ether oxygens (including phenoxy) is 1. The van der Waals surface area contributed by atoms with Crippen LogP contribution in [0.4, 0.5) is 5.00 Å². The lowest BCUT2D eigenvalue weighted by molar-refractivity contribution is -0.131. The molecule has 0 aliphatic carbocycles. The van der Waals surface area contributed by atoms with Crippen LogP contribution in [0.1, 0.15) is 6.92 Å². The Morgan fingerprint density at radius 3 is 2.59 bits per heavy atom. The summed E-state index contributed by atoms with van der Waals surface area (Å²) in [4.78, 5) is 11.0. The molecule has 17 heavy (non-hydrogen) atoms. The first-order chi connectivity index (χ1) is 8.08. The Hall–Kier alpha value is -1.33. The normalized spacial score (nSPS) is 10.2. The van der Waals surface area contributed by atoms with Gasteiger partial charge in [-0.3, -0.25) is 4.79 Å². The van der Waals surface area contributed by atoms with Crippen molar-refractivity contribution in [2.75, 3.05) is 5.73 Å². The third-order valence-electron chi connectivity index (χ3n) is 2.17. The molecule has 2 aromatic rings. The van der Waals surface area contributed by atoms with E-state index in [4.69, 9.17) is 10.5 Å². The van der Waals surface area contributed by atoms with E-state index in [1.165, 1.54) is 18.3 Å². The zero-order chi connectivity index (χ0) is 12.4. The molecule has 2 rings (SSSR count). The van der Waals surface area contributed by atoms with Crippen molar-refractivity contribution in [3.63, 3.8) is 0 Å². The summed E-state index contributed by atoms with van der Waals surface area (Å²) < 4.78 is 6.13. The number of halogens is 1. The van der Waals surface area contributed by atoms with Crippen molar-refractivity contribution in [1.82, 2.24) is 0 Å². The topological polar surface area (TPSA) is 52.3 Å². The summed E-state index contributed by atoms with van der Waals surface area (Å²) >= 11 is 4.74. The van der Waals surface area contributed by atoms with Crippen LogP contribution in [0.15, 0.2) is 34.1 Å². The SMILES string of the molecule is CC(=O)Oc1c(-c2ccc(Br)cc2)csc1N. The molecule has 0 fully saturated rings. The number of carbonyl (C=O) groups is 1. The van der Waals surface area contributed by atoms with Crippen LogP contribution >= 0.6 is 27.3 Å². The van der Waals surface area contributed by atoms with E-state index in [0.29, 0.717) is 10.8 Å². The molecule has 0 unspecified atom stereocenters. The average molecular weight is 312 g/mol. The largest absolute Gasteiger partial charge is 0.423 e. The second-order valence-corrected chi connectivity index (χ2v) is 5.27. The molecule has 0 atom stereocenters. The summed E-state index contributed by atoms with van der Waals surface area (Å²) in [6.45, 7) is 1.36. The summed E-state index contributed by atoms with van der Waals surface area (Å²) in [6.07, 6.45) is 0. The fourth-order valence-corrected chi connectivity index (χ4v) is 2.45. The molecule has 0 aliphatic rings. The Morgan fingerprint density at radius 2 is 2.00 bits per heavy atom. The number of hydrogen-bond acceptors (Lipinski definition) is 4. The summed E-state index contributed by atoms with van der Waals surface area (Å²) in [5.74, 6) is 0.0817. The first kappa shape index (κ1) is 12.1. The summed E-state index contributed by atoms with van der Waals surface area (Å²) in [5.41, 5.74) is 7.60. The standard InChI is InChI=1S/C12H10BrNO2S/c1-7(15)16-11-10(6-17-12(11)14)8-2-4-9(13)5-3-8/h2-6H,14H2,1H3. The lowest BCUT2D eigenvalue weighted by atomic mass is 10.1. The van der Waals surface area contributed by atoms with Crippen molar-refractivity contribution in [3.05, 3.63) is 34.1 Å². The Bertz CT molecular complexity index is 548. The number of nitrogen functional groups attached to an aromatic ring is 1. The summed E-state index contributed by atoms with van der Waals surface area (Å²) in [7, 11) is 0. The van der Waals surface area contributed by atoms with E-state index in [1.807, 2.05) is 29.6 Å². The smallest absolute Gasteiger partial charge is 0.308 e. The van der Waals surface area contributed by atoms with Gasteiger partial charge in [0, 0.05) is 22.3 Å². The van der Waals surface area contributed by atoms with E-state index in [1.54, 1.807) is 0 Å². The molecule has 88 valence electrons. The van der Waals surface area contributed by atoms with E-state index >= 15 is 0 Å². The number of anilines is 1. The van der Waals surface area contributed by atoms with Crippen LogP contribution in [0.3, 0.4) is 0 Å². The van der Waals surface area contributed by atoms with Crippen LogP contribution in [-0.2, 0) is 4.79 Å². The Balaban J connectivity index is 2.45. The first-order valence-electron chi connectivity index (χ1n) is 4.89. The predicted molar refractivity (Wildman–Crippen MR) is 73.2 cm³/mol. The van der Waals surface area contributed by atoms with E-state index in [-0.39, 0.29) is 5.97 Å². The highest BCUT2D eigenvalue weighted by atomic mass is 79.9. The minimum absolute atomic E-state index is 0.367. The average Bonchev–Trinajstić information content (AvgIpc) is 2.61. The molecule has 3 nitrogen and oxygen atoms in total. The molecule has 5 heteroatoms. The maximum atomic E-state index is 11.0. The third-order valence-corrected chi connectivity index (χ3v) is 3.49. The van der Waals surface area contributed by atoms with Crippen molar-refractivity contribution >= 4 is 38.2 Å². The molecule has 0 radical (unpaired) electrons. The molecule has 0 saturated carbocycles. The highest BCUT2D eigenvalue weighted by molar-refractivity contribution is 9.10. The van der Waals surface area contributed by atoms with Gasteiger partial charge in [-0.15, -0.1) is 11.3 Å². The van der Waals surface area contributed by atoms with Crippen LogP contribution in [0, 0.1) is 0 Å². The molecule has 0 spiro atoms. The number of esters is 1. The number of nitrogens with two attached hydrogens (primary N) is 1. The highest BCUT2D eigenvalue weighted by Gasteiger charge is 2.14. The summed E-state index contributed by atoms with van der Waals surface area (Å²) in [5, 5.41) is 2.40. The van der Waals surface area contributed by atoms with Crippen molar-refractivity contribution in [2.45, 2.75) is 6.92 Å². The molecule has 0 bridgehead atoms. The summed E-state index contributed by atoms with van der Waals surface area (Å²) in [6, 6.07) is 7.75. The lowest BCUT2D eigenvalue weighted by Crippen LogP contribution is -2.03. The van der Waals surface area contributed by atoms with Gasteiger partial charge in [-0.05, 0) is 17.7 Å². The second-order valence-electron chi connectivity index (χ2n) is 3.44. The van der Waals surface area contributed by atoms with Crippen molar-refractivity contribution < 1.29 is 9.53 Å². The monoisotopic (exact) mass is 311 g/mol. The van der Waals surface area contributed by atoms with Gasteiger partial charge in [-0.2, -0.15) is 0 Å². The van der Waals surface area contributed by atoms with Crippen LogP contribution in [0.2, 0.25) is 0 Å². The van der Waals surface area contributed by atoms with E-state index in [0.717, 1.165) is 15.6 Å². The van der Waals surface area contributed by atoms with Gasteiger partial charge in [0.2, 0.25) is 0 Å². The number of hydrogen-bond donors (Lipinski definition) is 1. The maximum Gasteiger partial charge on any atom is 0.308 e. The van der Waals surface area contributed by atoms with Crippen molar-refractivity contribution in [1.29, 1.82) is 0 Å². The van der Waals surface area contributed by atoms with Crippen molar-refractivity contribution in [3.8, 4) is 16.9 Å². The highest BCUT2D eigenvalue weighted by Crippen LogP contribution is 2.40. The fraction of sp³-hybridized carbons (Fsp3) is 0.0833. The molecule has 2 N–H and O–H groups in total. The van der Waals surface area contributed by atoms with Gasteiger partial charge in [0.15, 0.2) is 5.75 Å². The fourth-order valence-electron chi connectivity index (χ4n) is 1.44. The molecule has 0 saturated heterocycles. The van der Waals surface area contributed by atoms with E-state index in [9.17, 15) is 4.79 Å². The maximum absolute atomic E-state index is 11.0. The molecule has 1 aromatic carbocycles. The molecule has 1 heterocycles. The Labute approximate surface area is 111 Å². The van der Waals surface area contributed by atoms with Gasteiger partial charge in [-0.25, -0.2) is 0 Å². The molecule has 0 amide bonds. The van der Waals surface area contributed by atoms with Gasteiger partial charge in [0.1, 0.15) is 5.00 Å². The van der Waals surface area contributed by atoms with Crippen LogP contribution in [0.5, 0.6) is 5.75 Å². The van der Waals surface area contributed by atoms with Gasteiger partial charge in [0.25, 0.3) is 0 Å². The lowest BCUT2D eigenvalue weighted by Gasteiger charge is -2.05. The molecular weight excluding hydrogens is 302 g/mol. The minimum Gasteiger partial charge on any atom is -0.423 e. The zero-order valence-electron chi connectivity index (χ0n) is 9.07. The number of benzene rings is 1. The first-order valence-corrected chi connectivity index (χ1v) is 6.56. The number of rotatable bonds is 2. The third kappa shape index (κ3) is 2.68. The van der Waals surface area contributed by atoms with Crippen LogP contribution in [0.25, 0.3) is 11.1 Å². The minimum atomic E-state index is -0.367. The van der Waals surface area contributed by atoms with Crippen molar-refractivity contribution in [2.24, 2.45) is 0 Å². The molecular formula is C12H10BrNO2S. The van der Waals surface area contributed by atoms with Gasteiger partial charge in [0.05, 0.1) is 0 Å². The van der Waals surface area contributed by atoms with Gasteiger partial charge < -0.3 is 10.5 Å². The van der Waals surface area contributed by atoms with E-state index < -0.39 is 0 Å². The number of thiophene rings is 1. The molecule has 0 aliphatic heterocycles. The Kier molecular flexibility index (Phi) is 3.49. The van der Waals surface area contributed by atoms with Gasteiger partial charge in [-0.1, -0.05) is 28.1 Å². The quantitative estimate of drug-likeness (QED) is 0.861. The van der Waals surface area contributed by atoms with Crippen LogP contribution in [-0.4, -0.2) is 5.97 Å². The van der Waals surface area contributed by atoms with E-state index in [2.05, 4.69) is 15.9 Å². The Morgan fingerprint density at radius 1 is 1.35 bits per heavy atom.